The first kappa shape index (κ1) is 17.3. The van der Waals surface area contributed by atoms with Gasteiger partial charge in [0.15, 0.2) is 18.3 Å². The predicted octanol–water partition coefficient (Wildman–Crippen LogP) is 4.32. The van der Waals surface area contributed by atoms with Crippen molar-refractivity contribution < 1.29 is 19.0 Å². The van der Waals surface area contributed by atoms with E-state index in [0.29, 0.717) is 18.0 Å². The van der Waals surface area contributed by atoms with Crippen LogP contribution >= 0.6 is 15.9 Å². The first-order valence-electron chi connectivity index (χ1n) is 7.34. The Bertz CT molecular complexity index is 579. The molecule has 0 radical (unpaired) electrons. The van der Waals surface area contributed by atoms with Gasteiger partial charge in [-0.25, -0.2) is 0 Å². The van der Waals surface area contributed by atoms with Crippen molar-refractivity contribution in [3.05, 3.63) is 21.7 Å². The maximum atomic E-state index is 10.8. The zero-order valence-electron chi connectivity index (χ0n) is 13.8. The van der Waals surface area contributed by atoms with E-state index >= 15 is 0 Å². The lowest BCUT2D eigenvalue weighted by molar-refractivity contribution is -0.120. The van der Waals surface area contributed by atoms with Crippen LogP contribution in [0, 0.1) is 0 Å². The molecule has 0 aromatic heterocycles. The zero-order valence-corrected chi connectivity index (χ0v) is 15.4. The van der Waals surface area contributed by atoms with Crippen LogP contribution < -0.4 is 9.47 Å². The number of rotatable bonds is 5. The van der Waals surface area contributed by atoms with Gasteiger partial charge in [-0.05, 0) is 56.8 Å². The van der Waals surface area contributed by atoms with Crippen LogP contribution in [0.2, 0.25) is 0 Å². The molecule has 0 fully saturated rings. The van der Waals surface area contributed by atoms with E-state index < -0.39 is 0 Å². The number of hydrogen-bond donors (Lipinski definition) is 0. The van der Waals surface area contributed by atoms with Gasteiger partial charge in [0.1, 0.15) is 0 Å². The maximum absolute atomic E-state index is 10.8. The minimum absolute atomic E-state index is 0.0220. The standard InChI is InChI=1S/C17H23BrO4/c1-16(2)6-7-17(3,4)13-11(16)8-12(21-9-19)15(14(13)18)22-10-20-5/h8-9H,6-7,10H2,1-5H3. The summed E-state index contributed by atoms with van der Waals surface area (Å²) in [5.74, 6) is 0.932. The highest BCUT2D eigenvalue weighted by Crippen LogP contribution is 2.53. The Hall–Kier alpha value is -1.07. The Morgan fingerprint density at radius 2 is 1.86 bits per heavy atom. The van der Waals surface area contributed by atoms with Gasteiger partial charge in [-0.3, -0.25) is 4.79 Å². The Kier molecular flexibility index (Phi) is 4.87. The molecule has 0 amide bonds. The summed E-state index contributed by atoms with van der Waals surface area (Å²) in [6.45, 7) is 9.41. The van der Waals surface area contributed by atoms with Gasteiger partial charge < -0.3 is 14.2 Å². The van der Waals surface area contributed by atoms with Crippen molar-refractivity contribution in [2.75, 3.05) is 13.9 Å². The van der Waals surface area contributed by atoms with Gasteiger partial charge in [0.05, 0.1) is 4.47 Å². The third-order valence-electron chi connectivity index (χ3n) is 4.46. The molecule has 1 aromatic rings. The van der Waals surface area contributed by atoms with Crippen LogP contribution in [0.5, 0.6) is 11.5 Å². The summed E-state index contributed by atoms with van der Waals surface area (Å²) in [5.41, 5.74) is 2.45. The second-order valence-electron chi connectivity index (χ2n) is 6.97. The molecule has 0 heterocycles. The molecular formula is C17H23BrO4. The molecule has 122 valence electrons. The third kappa shape index (κ3) is 3.01. The molecule has 0 spiro atoms. The van der Waals surface area contributed by atoms with E-state index in [1.165, 1.54) is 11.1 Å². The lowest BCUT2D eigenvalue weighted by Crippen LogP contribution is -2.34. The van der Waals surface area contributed by atoms with Gasteiger partial charge in [-0.2, -0.15) is 0 Å². The monoisotopic (exact) mass is 370 g/mol. The van der Waals surface area contributed by atoms with Gasteiger partial charge in [0, 0.05) is 7.11 Å². The molecule has 5 heteroatoms. The van der Waals surface area contributed by atoms with Crippen molar-refractivity contribution in [1.29, 1.82) is 0 Å². The number of fused-ring (bicyclic) bond motifs is 1. The van der Waals surface area contributed by atoms with Crippen LogP contribution in [-0.4, -0.2) is 20.4 Å². The molecule has 1 aliphatic carbocycles. The summed E-state index contributed by atoms with van der Waals surface area (Å²) in [7, 11) is 1.56. The highest BCUT2D eigenvalue weighted by Gasteiger charge is 2.40. The molecule has 0 saturated heterocycles. The Morgan fingerprint density at radius 3 is 2.45 bits per heavy atom. The van der Waals surface area contributed by atoms with Crippen LogP contribution in [0.25, 0.3) is 0 Å². The molecule has 0 aliphatic heterocycles. The van der Waals surface area contributed by atoms with Crippen molar-refractivity contribution >= 4 is 22.4 Å². The first-order valence-corrected chi connectivity index (χ1v) is 8.13. The summed E-state index contributed by atoms with van der Waals surface area (Å²) in [4.78, 5) is 10.8. The number of carbonyl (C=O) groups is 1. The van der Waals surface area contributed by atoms with E-state index in [1.807, 2.05) is 6.07 Å². The number of methoxy groups -OCH3 is 1. The summed E-state index contributed by atoms with van der Waals surface area (Å²) in [6, 6.07) is 1.93. The number of benzene rings is 1. The van der Waals surface area contributed by atoms with Gasteiger partial charge in [0.2, 0.25) is 0 Å². The van der Waals surface area contributed by atoms with Crippen molar-refractivity contribution in [2.24, 2.45) is 0 Å². The zero-order chi connectivity index (χ0) is 16.5. The third-order valence-corrected chi connectivity index (χ3v) is 5.22. The lowest BCUT2D eigenvalue weighted by Gasteiger charge is -2.42. The van der Waals surface area contributed by atoms with E-state index in [1.54, 1.807) is 7.11 Å². The van der Waals surface area contributed by atoms with E-state index in [9.17, 15) is 4.79 Å². The molecule has 0 bridgehead atoms. The number of ether oxygens (including phenoxy) is 3. The maximum Gasteiger partial charge on any atom is 0.298 e. The average molecular weight is 371 g/mol. The molecule has 0 atom stereocenters. The van der Waals surface area contributed by atoms with E-state index in [2.05, 4.69) is 43.6 Å². The molecule has 0 unspecified atom stereocenters. The molecular weight excluding hydrogens is 348 g/mol. The average Bonchev–Trinajstić information content (AvgIpc) is 2.43. The molecule has 0 saturated carbocycles. The quantitative estimate of drug-likeness (QED) is 0.571. The smallest absolute Gasteiger partial charge is 0.298 e. The van der Waals surface area contributed by atoms with E-state index in [0.717, 1.165) is 17.3 Å². The van der Waals surface area contributed by atoms with Crippen molar-refractivity contribution in [3.63, 3.8) is 0 Å². The molecule has 0 N–H and O–H groups in total. The van der Waals surface area contributed by atoms with Crippen molar-refractivity contribution in [3.8, 4) is 11.5 Å². The SMILES string of the molecule is COCOc1c(OC=O)cc2c(c1Br)C(C)(C)CCC2(C)C. The normalized spacial score (nSPS) is 18.5. The topological polar surface area (TPSA) is 44.8 Å². The van der Waals surface area contributed by atoms with Crippen LogP contribution in [-0.2, 0) is 20.4 Å². The molecule has 22 heavy (non-hydrogen) atoms. The second kappa shape index (κ2) is 6.20. The van der Waals surface area contributed by atoms with Crippen molar-refractivity contribution in [1.82, 2.24) is 0 Å². The Balaban J connectivity index is 2.70. The highest BCUT2D eigenvalue weighted by molar-refractivity contribution is 9.10. The molecule has 1 aliphatic rings. The fourth-order valence-corrected chi connectivity index (χ4v) is 4.14. The highest BCUT2D eigenvalue weighted by atomic mass is 79.9. The summed E-state index contributed by atoms with van der Waals surface area (Å²) < 4.78 is 16.6. The number of carbonyl (C=O) groups excluding carboxylic acids is 1. The fraction of sp³-hybridized carbons (Fsp3) is 0.588. The Labute approximate surface area is 140 Å². The predicted molar refractivity (Wildman–Crippen MR) is 88.6 cm³/mol. The van der Waals surface area contributed by atoms with Crippen LogP contribution in [0.3, 0.4) is 0 Å². The molecule has 4 nitrogen and oxygen atoms in total. The lowest BCUT2D eigenvalue weighted by atomic mass is 9.63. The van der Waals surface area contributed by atoms with Crippen LogP contribution in [0.15, 0.2) is 10.5 Å². The van der Waals surface area contributed by atoms with Crippen molar-refractivity contribution in [2.45, 2.75) is 51.4 Å². The van der Waals surface area contributed by atoms with Crippen LogP contribution in [0.1, 0.15) is 51.7 Å². The van der Waals surface area contributed by atoms with Crippen LogP contribution in [0.4, 0.5) is 0 Å². The Morgan fingerprint density at radius 1 is 1.23 bits per heavy atom. The summed E-state index contributed by atoms with van der Waals surface area (Å²) in [5, 5.41) is 0. The fourth-order valence-electron chi connectivity index (χ4n) is 3.08. The minimum Gasteiger partial charge on any atom is -0.462 e. The van der Waals surface area contributed by atoms with Gasteiger partial charge in [0.25, 0.3) is 6.47 Å². The second-order valence-corrected chi connectivity index (χ2v) is 7.77. The number of halogens is 1. The van der Waals surface area contributed by atoms with E-state index in [-0.39, 0.29) is 17.6 Å². The minimum atomic E-state index is 0.0220. The summed E-state index contributed by atoms with van der Waals surface area (Å²) >= 11 is 3.67. The summed E-state index contributed by atoms with van der Waals surface area (Å²) in [6.07, 6.45) is 2.17. The van der Waals surface area contributed by atoms with E-state index in [4.69, 9.17) is 14.2 Å². The largest absolute Gasteiger partial charge is 0.462 e. The molecule has 2 rings (SSSR count). The van der Waals surface area contributed by atoms with Gasteiger partial charge in [-0.1, -0.05) is 27.7 Å². The first-order chi connectivity index (χ1) is 10.2. The molecule has 1 aromatic carbocycles. The number of hydrogen-bond acceptors (Lipinski definition) is 4. The van der Waals surface area contributed by atoms with Gasteiger partial charge >= 0.3 is 0 Å². The van der Waals surface area contributed by atoms with Gasteiger partial charge in [-0.15, -0.1) is 0 Å².